The van der Waals surface area contributed by atoms with E-state index < -0.39 is 0 Å². The van der Waals surface area contributed by atoms with E-state index in [1.807, 2.05) is 11.8 Å². The van der Waals surface area contributed by atoms with Crippen LogP contribution in [0.2, 0.25) is 0 Å². The zero-order valence-corrected chi connectivity index (χ0v) is 14.9. The lowest BCUT2D eigenvalue weighted by molar-refractivity contribution is 0.448. The number of hydrogen-bond acceptors (Lipinski definition) is 2. The fourth-order valence-corrected chi connectivity index (χ4v) is 3.33. The van der Waals surface area contributed by atoms with Crippen molar-refractivity contribution in [2.24, 2.45) is 0 Å². The Labute approximate surface area is 129 Å². The van der Waals surface area contributed by atoms with Gasteiger partial charge in [-0.25, -0.2) is 0 Å². The quantitative estimate of drug-likeness (QED) is 0.642. The van der Waals surface area contributed by atoms with Crippen molar-refractivity contribution in [1.82, 2.24) is 0 Å². The minimum atomic E-state index is 0.191. The van der Waals surface area contributed by atoms with E-state index in [-0.39, 0.29) is 4.75 Å². The van der Waals surface area contributed by atoms with Gasteiger partial charge in [0.25, 0.3) is 0 Å². The minimum absolute atomic E-state index is 0.191. The molecule has 0 heterocycles. The molecule has 2 heteroatoms. The molecule has 0 fully saturated rings. The van der Waals surface area contributed by atoms with Gasteiger partial charge >= 0.3 is 0 Å². The Morgan fingerprint density at radius 3 is 1.70 bits per heavy atom. The van der Waals surface area contributed by atoms with Crippen molar-refractivity contribution in [3.63, 3.8) is 0 Å². The van der Waals surface area contributed by atoms with Crippen LogP contribution in [0.4, 0.5) is 0 Å². The lowest BCUT2D eigenvalue weighted by Crippen LogP contribution is -2.08. The summed E-state index contributed by atoms with van der Waals surface area (Å²) in [5, 5.41) is 10.6. The molecule has 0 aliphatic carbocycles. The van der Waals surface area contributed by atoms with Gasteiger partial charge in [-0.1, -0.05) is 48.5 Å². The monoisotopic (exact) mass is 294 g/mol. The van der Waals surface area contributed by atoms with Crippen molar-refractivity contribution in [2.45, 2.75) is 82.8 Å². The molecule has 0 aliphatic heterocycles. The van der Waals surface area contributed by atoms with Crippen LogP contribution in [0.3, 0.4) is 0 Å². The summed E-state index contributed by atoms with van der Waals surface area (Å²) in [4.78, 5) is 1.28. The Morgan fingerprint density at radius 2 is 1.40 bits per heavy atom. The summed E-state index contributed by atoms with van der Waals surface area (Å²) in [5.74, 6) is 1.32. The third-order valence-corrected chi connectivity index (χ3v) is 4.94. The molecule has 114 valence electrons. The highest BCUT2D eigenvalue weighted by Crippen LogP contribution is 2.42. The molecule has 0 amide bonds. The molecule has 0 radical (unpaired) electrons. The van der Waals surface area contributed by atoms with Crippen molar-refractivity contribution in [3.05, 3.63) is 23.3 Å². The number of hydrogen-bond donors (Lipinski definition) is 1. The summed E-state index contributed by atoms with van der Waals surface area (Å²) in [6.45, 7) is 15.4. The lowest BCUT2D eigenvalue weighted by atomic mass is 9.90. The summed E-state index contributed by atoms with van der Waals surface area (Å²) in [6, 6.07) is 4.37. The fraction of sp³-hybridized carbons (Fsp3) is 0.667. The smallest absolute Gasteiger partial charge is 0.122 e. The number of phenols is 1. The molecule has 1 aromatic rings. The maximum Gasteiger partial charge on any atom is 0.122 e. The maximum absolute atomic E-state index is 10.6. The first-order chi connectivity index (χ1) is 9.19. The van der Waals surface area contributed by atoms with E-state index in [1.54, 1.807) is 0 Å². The first-order valence-corrected chi connectivity index (χ1v) is 8.57. The average Bonchev–Trinajstić information content (AvgIpc) is 2.37. The van der Waals surface area contributed by atoms with Gasteiger partial charge < -0.3 is 5.11 Å². The second-order valence-electron chi connectivity index (χ2n) is 6.78. The molecular formula is C18H30OS. The third kappa shape index (κ3) is 4.44. The maximum atomic E-state index is 10.6. The lowest BCUT2D eigenvalue weighted by Gasteiger charge is -2.23. The van der Waals surface area contributed by atoms with Crippen molar-refractivity contribution in [1.29, 1.82) is 0 Å². The van der Waals surface area contributed by atoms with Crippen LogP contribution in [0.15, 0.2) is 17.0 Å². The van der Waals surface area contributed by atoms with Gasteiger partial charge in [-0.3, -0.25) is 0 Å². The summed E-state index contributed by atoms with van der Waals surface area (Å²) >= 11 is 1.88. The highest BCUT2D eigenvalue weighted by atomic mass is 32.2. The predicted molar refractivity (Wildman–Crippen MR) is 91.1 cm³/mol. The van der Waals surface area contributed by atoms with Crippen LogP contribution in [-0.2, 0) is 0 Å². The van der Waals surface area contributed by atoms with Crippen molar-refractivity contribution < 1.29 is 5.11 Å². The molecule has 20 heavy (non-hydrogen) atoms. The van der Waals surface area contributed by atoms with E-state index >= 15 is 0 Å². The van der Waals surface area contributed by atoms with Crippen molar-refractivity contribution in [3.8, 4) is 5.75 Å². The van der Waals surface area contributed by atoms with E-state index in [0.29, 0.717) is 17.6 Å². The van der Waals surface area contributed by atoms with Gasteiger partial charge in [-0.05, 0) is 47.9 Å². The molecule has 1 aromatic carbocycles. The minimum Gasteiger partial charge on any atom is -0.507 e. The van der Waals surface area contributed by atoms with Gasteiger partial charge in [-0.15, -0.1) is 11.8 Å². The fourth-order valence-electron chi connectivity index (χ4n) is 2.26. The summed E-state index contributed by atoms with van der Waals surface area (Å²) in [5.41, 5.74) is 2.22. The van der Waals surface area contributed by atoms with Crippen LogP contribution >= 0.6 is 11.8 Å². The summed E-state index contributed by atoms with van der Waals surface area (Å²) in [7, 11) is 0. The Kier molecular flexibility index (Phi) is 6.00. The number of rotatable bonds is 5. The van der Waals surface area contributed by atoms with Crippen LogP contribution < -0.4 is 0 Å². The SMILES string of the molecule is CCC(C)c1cc(SC(C)(C)C)cc(C(C)CC)c1O. The molecule has 2 unspecified atom stereocenters. The highest BCUT2D eigenvalue weighted by molar-refractivity contribution is 8.00. The number of phenolic OH excluding ortho intramolecular Hbond substituents is 1. The van der Waals surface area contributed by atoms with Gasteiger partial charge in [0.05, 0.1) is 0 Å². The van der Waals surface area contributed by atoms with Crippen LogP contribution in [0.5, 0.6) is 5.75 Å². The van der Waals surface area contributed by atoms with Crippen LogP contribution in [0, 0.1) is 0 Å². The number of benzene rings is 1. The van der Waals surface area contributed by atoms with Crippen molar-refractivity contribution in [2.75, 3.05) is 0 Å². The van der Waals surface area contributed by atoms with E-state index in [1.165, 1.54) is 4.90 Å². The standard InChI is InChI=1S/C18H30OS/c1-8-12(3)15-10-14(20-18(5,6)7)11-16(17(15)19)13(4)9-2/h10-13,19H,8-9H2,1-7H3. The van der Waals surface area contributed by atoms with E-state index in [4.69, 9.17) is 0 Å². The van der Waals surface area contributed by atoms with Crippen LogP contribution in [0.1, 0.15) is 84.3 Å². The molecule has 1 rings (SSSR count). The van der Waals surface area contributed by atoms with E-state index in [9.17, 15) is 5.11 Å². The second kappa shape index (κ2) is 6.89. The predicted octanol–water partition coefficient (Wildman–Crippen LogP) is 6.31. The van der Waals surface area contributed by atoms with Gasteiger partial charge in [0.1, 0.15) is 5.75 Å². The molecular weight excluding hydrogens is 264 g/mol. The van der Waals surface area contributed by atoms with Gasteiger partial charge in [0.2, 0.25) is 0 Å². The Morgan fingerprint density at radius 1 is 1.00 bits per heavy atom. The van der Waals surface area contributed by atoms with Gasteiger partial charge in [-0.2, -0.15) is 0 Å². The molecule has 2 atom stereocenters. The molecule has 1 nitrogen and oxygen atoms in total. The Bertz CT molecular complexity index is 414. The zero-order valence-electron chi connectivity index (χ0n) is 14.1. The Hall–Kier alpha value is -0.630. The normalized spacial score (nSPS) is 15.2. The summed E-state index contributed by atoms with van der Waals surface area (Å²) in [6.07, 6.45) is 2.11. The first kappa shape index (κ1) is 17.4. The molecule has 0 saturated carbocycles. The molecule has 1 N–H and O–H groups in total. The third-order valence-electron chi connectivity index (χ3n) is 3.85. The molecule has 0 aromatic heterocycles. The number of aromatic hydroxyl groups is 1. The van der Waals surface area contributed by atoms with Crippen molar-refractivity contribution >= 4 is 11.8 Å². The molecule has 0 saturated heterocycles. The van der Waals surface area contributed by atoms with E-state index in [0.717, 1.165) is 24.0 Å². The molecule has 0 aliphatic rings. The first-order valence-electron chi connectivity index (χ1n) is 7.75. The number of thioether (sulfide) groups is 1. The Balaban J connectivity index is 3.33. The molecule has 0 spiro atoms. The largest absolute Gasteiger partial charge is 0.507 e. The molecule has 0 bridgehead atoms. The van der Waals surface area contributed by atoms with Crippen LogP contribution in [-0.4, -0.2) is 9.85 Å². The average molecular weight is 295 g/mol. The second-order valence-corrected chi connectivity index (χ2v) is 8.68. The summed E-state index contributed by atoms with van der Waals surface area (Å²) < 4.78 is 0.191. The van der Waals surface area contributed by atoms with E-state index in [2.05, 4.69) is 60.6 Å². The zero-order chi connectivity index (χ0) is 15.5. The van der Waals surface area contributed by atoms with Gasteiger partial charge in [0, 0.05) is 9.64 Å². The van der Waals surface area contributed by atoms with Gasteiger partial charge in [0.15, 0.2) is 0 Å². The highest BCUT2D eigenvalue weighted by Gasteiger charge is 2.20. The topological polar surface area (TPSA) is 20.2 Å². The van der Waals surface area contributed by atoms with Crippen LogP contribution in [0.25, 0.3) is 0 Å².